The van der Waals surface area contributed by atoms with Crippen LogP contribution in [0, 0.1) is 24.1 Å². The Kier molecular flexibility index (Phi) is 4.31. The number of benzene rings is 1. The molecule has 2 aromatic rings. The van der Waals surface area contributed by atoms with Gasteiger partial charge in [0.1, 0.15) is 5.82 Å². The Hall–Kier alpha value is -1.70. The van der Waals surface area contributed by atoms with Crippen molar-refractivity contribution in [1.29, 1.82) is 5.26 Å². The van der Waals surface area contributed by atoms with Gasteiger partial charge in [0.05, 0.1) is 11.6 Å². The molecule has 1 aromatic carbocycles. The van der Waals surface area contributed by atoms with Crippen molar-refractivity contribution in [2.24, 2.45) is 0 Å². The van der Waals surface area contributed by atoms with Crippen LogP contribution in [0.1, 0.15) is 33.8 Å². The highest BCUT2D eigenvalue weighted by Crippen LogP contribution is 2.23. The number of hydrogen-bond acceptors (Lipinski definition) is 3. The number of aryl methyl sites for hydroxylation is 1. The summed E-state index contributed by atoms with van der Waals surface area (Å²) < 4.78 is 13.2. The van der Waals surface area contributed by atoms with Crippen LogP contribution >= 0.6 is 11.3 Å². The van der Waals surface area contributed by atoms with E-state index in [0.29, 0.717) is 17.7 Å². The molecule has 1 aromatic heterocycles. The van der Waals surface area contributed by atoms with Crippen molar-refractivity contribution in [2.75, 3.05) is 0 Å². The van der Waals surface area contributed by atoms with Gasteiger partial charge in [-0.1, -0.05) is 0 Å². The van der Waals surface area contributed by atoms with Gasteiger partial charge in [-0.2, -0.15) is 5.26 Å². The summed E-state index contributed by atoms with van der Waals surface area (Å²) in [6.07, 6.45) is 0. The Labute approximate surface area is 116 Å². The van der Waals surface area contributed by atoms with Gasteiger partial charge in [-0.3, -0.25) is 0 Å². The zero-order valence-electron chi connectivity index (χ0n) is 10.9. The minimum Gasteiger partial charge on any atom is -0.305 e. The summed E-state index contributed by atoms with van der Waals surface area (Å²) in [6.45, 7) is 4.62. The molecule has 0 amide bonds. The molecule has 0 aliphatic rings. The second-order valence-electron chi connectivity index (χ2n) is 4.46. The van der Waals surface area contributed by atoms with Gasteiger partial charge in [0.2, 0.25) is 0 Å². The molecule has 2 nitrogen and oxygen atoms in total. The van der Waals surface area contributed by atoms with Crippen LogP contribution in [0.2, 0.25) is 0 Å². The highest BCUT2D eigenvalue weighted by atomic mass is 32.1. The third kappa shape index (κ3) is 3.40. The first-order valence-electron chi connectivity index (χ1n) is 6.08. The van der Waals surface area contributed by atoms with Crippen LogP contribution in [0.25, 0.3) is 0 Å². The molecular formula is C15H15FN2S. The Morgan fingerprint density at radius 1 is 1.37 bits per heavy atom. The summed E-state index contributed by atoms with van der Waals surface area (Å²) in [5.74, 6) is -0.310. The molecule has 1 N–H and O–H groups in total. The SMILES string of the molecule is Cc1ccc(C(C)NCc2cc(F)ccc2C#N)s1. The number of nitriles is 1. The largest absolute Gasteiger partial charge is 0.305 e. The monoisotopic (exact) mass is 274 g/mol. The molecule has 98 valence electrons. The number of nitrogens with zero attached hydrogens (tertiary/aromatic N) is 1. The Bertz CT molecular complexity index is 613. The van der Waals surface area contributed by atoms with Gasteiger partial charge >= 0.3 is 0 Å². The topological polar surface area (TPSA) is 35.8 Å². The summed E-state index contributed by atoms with van der Waals surface area (Å²) in [4.78, 5) is 2.51. The van der Waals surface area contributed by atoms with E-state index in [4.69, 9.17) is 5.26 Å². The second kappa shape index (κ2) is 5.96. The van der Waals surface area contributed by atoms with Crippen LogP contribution < -0.4 is 5.32 Å². The van der Waals surface area contributed by atoms with Crippen LogP contribution in [0.15, 0.2) is 30.3 Å². The lowest BCUT2D eigenvalue weighted by atomic mass is 10.1. The molecule has 1 atom stereocenters. The molecule has 0 saturated heterocycles. The van der Waals surface area contributed by atoms with Gasteiger partial charge in [0.25, 0.3) is 0 Å². The fraction of sp³-hybridized carbons (Fsp3) is 0.267. The average molecular weight is 274 g/mol. The number of rotatable bonds is 4. The Morgan fingerprint density at radius 2 is 2.16 bits per heavy atom. The molecule has 0 spiro atoms. The van der Waals surface area contributed by atoms with Crippen molar-refractivity contribution in [3.05, 3.63) is 57.0 Å². The van der Waals surface area contributed by atoms with E-state index in [-0.39, 0.29) is 11.9 Å². The van der Waals surface area contributed by atoms with Crippen LogP contribution in [0.4, 0.5) is 4.39 Å². The van der Waals surface area contributed by atoms with Gasteiger partial charge in [-0.05, 0) is 49.7 Å². The molecule has 1 heterocycles. The van der Waals surface area contributed by atoms with Crippen LogP contribution in [0.5, 0.6) is 0 Å². The van der Waals surface area contributed by atoms with E-state index >= 15 is 0 Å². The molecule has 0 fully saturated rings. The van der Waals surface area contributed by atoms with Crippen LogP contribution in [-0.4, -0.2) is 0 Å². The van der Waals surface area contributed by atoms with E-state index in [1.807, 2.05) is 0 Å². The van der Waals surface area contributed by atoms with E-state index in [2.05, 4.69) is 37.4 Å². The summed E-state index contributed by atoms with van der Waals surface area (Å²) in [6, 6.07) is 10.7. The smallest absolute Gasteiger partial charge is 0.123 e. The quantitative estimate of drug-likeness (QED) is 0.917. The molecule has 4 heteroatoms. The van der Waals surface area contributed by atoms with Gasteiger partial charge < -0.3 is 5.32 Å². The van der Waals surface area contributed by atoms with Crippen molar-refractivity contribution in [1.82, 2.24) is 5.32 Å². The maximum Gasteiger partial charge on any atom is 0.123 e. The second-order valence-corrected chi connectivity index (χ2v) is 5.78. The molecular weight excluding hydrogens is 259 g/mol. The first-order valence-corrected chi connectivity index (χ1v) is 6.90. The highest BCUT2D eigenvalue weighted by molar-refractivity contribution is 7.12. The van der Waals surface area contributed by atoms with Gasteiger partial charge in [-0.15, -0.1) is 11.3 Å². The summed E-state index contributed by atoms with van der Waals surface area (Å²) in [5.41, 5.74) is 1.21. The van der Waals surface area contributed by atoms with Crippen molar-refractivity contribution in [2.45, 2.75) is 26.4 Å². The summed E-state index contributed by atoms with van der Waals surface area (Å²) in [7, 11) is 0. The average Bonchev–Trinajstić information content (AvgIpc) is 2.83. The number of thiophene rings is 1. The third-order valence-corrected chi connectivity index (χ3v) is 4.16. The van der Waals surface area contributed by atoms with Crippen LogP contribution in [0.3, 0.4) is 0 Å². The standard InChI is InChI=1S/C15H15FN2S/c1-10-3-6-15(19-10)11(2)18-9-13-7-14(16)5-4-12(13)8-17/h3-7,11,18H,9H2,1-2H3. The van der Waals surface area contributed by atoms with Gasteiger partial charge in [-0.25, -0.2) is 4.39 Å². The Balaban J connectivity index is 2.06. The van der Waals surface area contributed by atoms with E-state index < -0.39 is 0 Å². The predicted molar refractivity (Wildman–Crippen MR) is 75.4 cm³/mol. The predicted octanol–water partition coefficient (Wildman–Crippen LogP) is 3.92. The number of halogens is 1. The van der Waals surface area contributed by atoms with E-state index in [0.717, 1.165) is 0 Å². The number of nitrogens with one attached hydrogen (secondary N) is 1. The van der Waals surface area contributed by atoms with Crippen molar-refractivity contribution >= 4 is 11.3 Å². The van der Waals surface area contributed by atoms with E-state index in [1.165, 1.54) is 28.0 Å². The summed E-state index contributed by atoms with van der Waals surface area (Å²) >= 11 is 1.74. The maximum absolute atomic E-state index is 13.2. The first kappa shape index (κ1) is 13.7. The number of hydrogen-bond donors (Lipinski definition) is 1. The van der Waals surface area contributed by atoms with Crippen molar-refractivity contribution in [3.8, 4) is 6.07 Å². The lowest BCUT2D eigenvalue weighted by molar-refractivity contribution is 0.575. The van der Waals surface area contributed by atoms with Crippen molar-refractivity contribution in [3.63, 3.8) is 0 Å². The summed E-state index contributed by atoms with van der Waals surface area (Å²) in [5, 5.41) is 12.3. The fourth-order valence-electron chi connectivity index (χ4n) is 1.87. The molecule has 0 radical (unpaired) electrons. The molecule has 2 rings (SSSR count). The lowest BCUT2D eigenvalue weighted by Crippen LogP contribution is -2.18. The minimum absolute atomic E-state index is 0.188. The maximum atomic E-state index is 13.2. The lowest BCUT2D eigenvalue weighted by Gasteiger charge is -2.13. The first-order chi connectivity index (χ1) is 9.10. The molecule has 0 aliphatic carbocycles. The highest BCUT2D eigenvalue weighted by Gasteiger charge is 2.09. The zero-order valence-corrected chi connectivity index (χ0v) is 11.7. The zero-order chi connectivity index (χ0) is 13.8. The molecule has 19 heavy (non-hydrogen) atoms. The molecule has 0 aliphatic heterocycles. The normalized spacial score (nSPS) is 12.1. The van der Waals surface area contributed by atoms with E-state index in [1.54, 1.807) is 11.3 Å². The van der Waals surface area contributed by atoms with Crippen molar-refractivity contribution < 1.29 is 4.39 Å². The fourth-order valence-corrected chi connectivity index (χ4v) is 2.77. The molecule has 0 bridgehead atoms. The Morgan fingerprint density at radius 3 is 2.79 bits per heavy atom. The molecule has 0 saturated carbocycles. The van der Waals surface area contributed by atoms with Gasteiger partial charge in [0.15, 0.2) is 0 Å². The van der Waals surface area contributed by atoms with E-state index in [9.17, 15) is 4.39 Å². The minimum atomic E-state index is -0.310. The molecule has 1 unspecified atom stereocenters. The van der Waals surface area contributed by atoms with Gasteiger partial charge in [0, 0.05) is 22.3 Å². The van der Waals surface area contributed by atoms with Crippen LogP contribution in [-0.2, 0) is 6.54 Å². The third-order valence-electron chi connectivity index (χ3n) is 2.97.